The first-order chi connectivity index (χ1) is 14.2. The first-order valence-electron chi connectivity index (χ1n) is 9.99. The summed E-state index contributed by atoms with van der Waals surface area (Å²) in [6, 6.07) is 6.00. The van der Waals surface area contributed by atoms with E-state index >= 15 is 0 Å². The van der Waals surface area contributed by atoms with Crippen molar-refractivity contribution in [3.8, 4) is 21.9 Å². The Labute approximate surface area is 174 Å². The third kappa shape index (κ3) is 4.43. The van der Waals surface area contributed by atoms with Crippen molar-refractivity contribution in [1.29, 1.82) is 0 Å². The molecule has 0 bridgehead atoms. The Hall–Kier alpha value is -2.45. The minimum Gasteiger partial charge on any atom is -0.381 e. The summed E-state index contributed by atoms with van der Waals surface area (Å²) >= 11 is 1.65. The standard InChI is InChI=1S/C21H26N4O3S/c1-14-11-18(28-24-14)17-13-23-25(20(17)19-7-4-10-29-19)9-8-22-21(26)15-5-3-6-16(12-15)27-2/h4,7,10-11,13,15-16H,3,5-6,8-9,12H2,1-2H3,(H,22,26)/t15-,16-/m1/s1. The molecular weight excluding hydrogens is 388 g/mol. The van der Waals surface area contributed by atoms with E-state index in [1.165, 1.54) is 0 Å². The van der Waals surface area contributed by atoms with E-state index in [1.807, 2.05) is 29.1 Å². The highest BCUT2D eigenvalue weighted by atomic mass is 32.1. The molecular formula is C21H26N4O3S. The molecule has 3 aromatic rings. The van der Waals surface area contributed by atoms with Gasteiger partial charge in [-0.25, -0.2) is 0 Å². The zero-order valence-corrected chi connectivity index (χ0v) is 17.6. The fourth-order valence-corrected chi connectivity index (χ4v) is 4.71. The Kier molecular flexibility index (Phi) is 6.10. The van der Waals surface area contributed by atoms with Crippen molar-refractivity contribution in [2.75, 3.05) is 13.7 Å². The van der Waals surface area contributed by atoms with Crippen LogP contribution in [0.4, 0.5) is 0 Å². The topological polar surface area (TPSA) is 82.2 Å². The second-order valence-electron chi connectivity index (χ2n) is 7.45. The molecule has 1 amide bonds. The van der Waals surface area contributed by atoms with Crippen LogP contribution in [0.25, 0.3) is 21.9 Å². The van der Waals surface area contributed by atoms with Crippen molar-refractivity contribution in [2.45, 2.75) is 45.3 Å². The lowest BCUT2D eigenvalue weighted by molar-refractivity contribution is -0.127. The van der Waals surface area contributed by atoms with Gasteiger partial charge in [0.15, 0.2) is 5.76 Å². The predicted molar refractivity (Wildman–Crippen MR) is 112 cm³/mol. The van der Waals surface area contributed by atoms with E-state index in [4.69, 9.17) is 9.26 Å². The summed E-state index contributed by atoms with van der Waals surface area (Å²) in [6.07, 6.45) is 5.83. The number of thiophene rings is 1. The molecule has 154 valence electrons. The molecule has 2 atom stereocenters. The Bertz CT molecular complexity index is 947. The maximum absolute atomic E-state index is 12.6. The molecule has 0 spiro atoms. The van der Waals surface area contributed by atoms with E-state index in [0.29, 0.717) is 18.8 Å². The fraction of sp³-hybridized carbons (Fsp3) is 0.476. The summed E-state index contributed by atoms with van der Waals surface area (Å²) < 4.78 is 12.8. The van der Waals surface area contributed by atoms with Crippen LogP contribution in [0.2, 0.25) is 0 Å². The monoisotopic (exact) mass is 414 g/mol. The van der Waals surface area contributed by atoms with Gasteiger partial charge in [0.25, 0.3) is 0 Å². The molecule has 1 aliphatic rings. The number of carbonyl (C=O) groups excluding carboxylic acids is 1. The number of amides is 1. The highest BCUT2D eigenvalue weighted by molar-refractivity contribution is 7.13. The smallest absolute Gasteiger partial charge is 0.223 e. The quantitative estimate of drug-likeness (QED) is 0.634. The van der Waals surface area contributed by atoms with Crippen LogP contribution < -0.4 is 5.32 Å². The van der Waals surface area contributed by atoms with Crippen molar-refractivity contribution in [1.82, 2.24) is 20.3 Å². The van der Waals surface area contributed by atoms with Crippen LogP contribution in [-0.4, -0.2) is 40.6 Å². The summed E-state index contributed by atoms with van der Waals surface area (Å²) in [5.74, 6) is 0.854. The number of aromatic nitrogens is 3. The molecule has 1 saturated carbocycles. The van der Waals surface area contributed by atoms with Gasteiger partial charge in [0.1, 0.15) is 0 Å². The number of ether oxygens (including phenoxy) is 1. The lowest BCUT2D eigenvalue weighted by Gasteiger charge is -2.27. The Balaban J connectivity index is 1.45. The lowest BCUT2D eigenvalue weighted by Crippen LogP contribution is -2.37. The molecule has 1 fully saturated rings. The van der Waals surface area contributed by atoms with E-state index in [2.05, 4.69) is 21.6 Å². The zero-order chi connectivity index (χ0) is 20.2. The summed E-state index contributed by atoms with van der Waals surface area (Å²) in [6.45, 7) is 3.02. The van der Waals surface area contributed by atoms with Crippen LogP contribution in [0, 0.1) is 12.8 Å². The van der Waals surface area contributed by atoms with Gasteiger partial charge in [0, 0.05) is 25.6 Å². The first kappa shape index (κ1) is 19.8. The zero-order valence-electron chi connectivity index (χ0n) is 16.8. The van der Waals surface area contributed by atoms with Crippen LogP contribution in [0.5, 0.6) is 0 Å². The van der Waals surface area contributed by atoms with Gasteiger partial charge in [-0.3, -0.25) is 9.48 Å². The van der Waals surface area contributed by atoms with Gasteiger partial charge in [-0.15, -0.1) is 11.3 Å². The highest BCUT2D eigenvalue weighted by Crippen LogP contribution is 2.35. The van der Waals surface area contributed by atoms with Crippen molar-refractivity contribution in [2.24, 2.45) is 5.92 Å². The number of rotatable bonds is 7. The van der Waals surface area contributed by atoms with Gasteiger partial charge in [-0.2, -0.15) is 5.10 Å². The molecule has 3 heterocycles. The van der Waals surface area contributed by atoms with Crippen LogP contribution in [0.3, 0.4) is 0 Å². The molecule has 1 aliphatic carbocycles. The minimum absolute atomic E-state index is 0.0378. The maximum Gasteiger partial charge on any atom is 0.223 e. The van der Waals surface area contributed by atoms with Crippen LogP contribution in [0.1, 0.15) is 31.4 Å². The van der Waals surface area contributed by atoms with Crippen molar-refractivity contribution < 1.29 is 14.1 Å². The molecule has 0 radical (unpaired) electrons. The molecule has 8 heteroatoms. The molecule has 0 aromatic carbocycles. The Morgan fingerprint density at radius 2 is 2.34 bits per heavy atom. The van der Waals surface area contributed by atoms with Crippen LogP contribution >= 0.6 is 11.3 Å². The Morgan fingerprint density at radius 3 is 3.07 bits per heavy atom. The molecule has 1 N–H and O–H groups in total. The number of hydrogen-bond donors (Lipinski definition) is 1. The van der Waals surface area contributed by atoms with E-state index < -0.39 is 0 Å². The summed E-state index contributed by atoms with van der Waals surface area (Å²) in [4.78, 5) is 13.7. The largest absolute Gasteiger partial charge is 0.381 e. The van der Waals surface area contributed by atoms with Gasteiger partial charge >= 0.3 is 0 Å². The highest BCUT2D eigenvalue weighted by Gasteiger charge is 2.27. The Morgan fingerprint density at radius 1 is 1.45 bits per heavy atom. The number of hydrogen-bond acceptors (Lipinski definition) is 6. The second-order valence-corrected chi connectivity index (χ2v) is 8.40. The van der Waals surface area contributed by atoms with Gasteiger partial charge < -0.3 is 14.6 Å². The molecule has 0 aliphatic heterocycles. The molecule has 7 nitrogen and oxygen atoms in total. The summed E-state index contributed by atoms with van der Waals surface area (Å²) in [7, 11) is 1.72. The molecule has 3 aromatic heterocycles. The van der Waals surface area contributed by atoms with Gasteiger partial charge in [0.2, 0.25) is 5.91 Å². The van der Waals surface area contributed by atoms with E-state index in [1.54, 1.807) is 24.6 Å². The number of aryl methyl sites for hydroxylation is 1. The van der Waals surface area contributed by atoms with Gasteiger partial charge in [-0.1, -0.05) is 17.6 Å². The molecule has 0 unspecified atom stereocenters. The van der Waals surface area contributed by atoms with Gasteiger partial charge in [-0.05, 0) is 37.6 Å². The average molecular weight is 415 g/mol. The van der Waals surface area contributed by atoms with Crippen LogP contribution in [-0.2, 0) is 16.1 Å². The van der Waals surface area contributed by atoms with Crippen molar-refractivity contribution in [3.05, 3.63) is 35.5 Å². The van der Waals surface area contributed by atoms with Crippen molar-refractivity contribution >= 4 is 17.2 Å². The fourth-order valence-electron chi connectivity index (χ4n) is 3.93. The number of carbonyl (C=O) groups is 1. The van der Waals surface area contributed by atoms with E-state index in [0.717, 1.165) is 47.5 Å². The number of nitrogens with one attached hydrogen (secondary N) is 1. The summed E-state index contributed by atoms with van der Waals surface area (Å²) in [5.41, 5.74) is 2.73. The normalized spacial score (nSPS) is 19.4. The number of methoxy groups -OCH3 is 1. The SMILES string of the molecule is CO[C@@H]1CCC[C@@H](C(=O)NCCn2ncc(-c3cc(C)no3)c2-c2cccs2)C1. The maximum atomic E-state index is 12.6. The lowest BCUT2D eigenvalue weighted by atomic mass is 9.86. The van der Waals surface area contributed by atoms with Crippen LogP contribution in [0.15, 0.2) is 34.3 Å². The predicted octanol–water partition coefficient (Wildman–Crippen LogP) is 3.90. The first-order valence-corrected chi connectivity index (χ1v) is 10.9. The van der Waals surface area contributed by atoms with E-state index in [9.17, 15) is 4.79 Å². The molecule has 0 saturated heterocycles. The third-order valence-corrected chi connectivity index (χ3v) is 6.32. The summed E-state index contributed by atoms with van der Waals surface area (Å²) in [5, 5.41) is 13.7. The minimum atomic E-state index is 0.0378. The van der Waals surface area contributed by atoms with E-state index in [-0.39, 0.29) is 17.9 Å². The molecule has 29 heavy (non-hydrogen) atoms. The molecule has 4 rings (SSSR count). The second kappa shape index (κ2) is 8.92. The average Bonchev–Trinajstić information content (AvgIpc) is 3.48. The third-order valence-electron chi connectivity index (χ3n) is 5.44. The number of nitrogens with zero attached hydrogens (tertiary/aromatic N) is 3. The van der Waals surface area contributed by atoms with Gasteiger partial charge in [0.05, 0.1) is 40.7 Å². The van der Waals surface area contributed by atoms with Crippen molar-refractivity contribution in [3.63, 3.8) is 0 Å².